The van der Waals surface area contributed by atoms with Gasteiger partial charge in [0, 0.05) is 43.9 Å². The number of hydrazone groups is 1. The largest absolute Gasteiger partial charge is 0.450 e. The number of nitrogens with one attached hydrogen (secondary N) is 2. The summed E-state index contributed by atoms with van der Waals surface area (Å²) in [5, 5.41) is 17.0. The van der Waals surface area contributed by atoms with Gasteiger partial charge >= 0.3 is 6.09 Å². The van der Waals surface area contributed by atoms with Crippen LogP contribution in [0.4, 0.5) is 10.5 Å². The molecule has 0 saturated carbocycles. The van der Waals surface area contributed by atoms with E-state index in [2.05, 4.69) is 15.6 Å². The van der Waals surface area contributed by atoms with E-state index in [4.69, 9.17) is 19.3 Å². The third-order valence-corrected chi connectivity index (χ3v) is 6.33. The predicted octanol–water partition coefficient (Wildman–Crippen LogP) is 3.89. The highest BCUT2D eigenvalue weighted by Crippen LogP contribution is 2.39. The van der Waals surface area contributed by atoms with Gasteiger partial charge in [0.2, 0.25) is 5.78 Å². The molecule has 1 aliphatic heterocycles. The zero-order valence-corrected chi connectivity index (χ0v) is 21.5. The Bertz CT molecular complexity index is 1330. The summed E-state index contributed by atoms with van der Waals surface area (Å²) in [4.78, 5) is 28.7. The second-order valence-electron chi connectivity index (χ2n) is 8.77. The molecule has 1 aromatic carbocycles. The summed E-state index contributed by atoms with van der Waals surface area (Å²) in [6.45, 7) is 4.44. The molecule has 196 valence electrons. The van der Waals surface area contributed by atoms with Crippen LogP contribution in [0.2, 0.25) is 0 Å². The molecule has 0 spiro atoms. The summed E-state index contributed by atoms with van der Waals surface area (Å²) in [5.74, 6) is -0.385. The van der Waals surface area contributed by atoms with Crippen LogP contribution < -0.4 is 10.3 Å². The predicted molar refractivity (Wildman–Crippen MR) is 140 cm³/mol. The van der Waals surface area contributed by atoms with Crippen molar-refractivity contribution in [3.05, 3.63) is 47.5 Å². The van der Waals surface area contributed by atoms with Gasteiger partial charge in [-0.3, -0.25) is 19.8 Å². The minimum atomic E-state index is -0.565. The van der Waals surface area contributed by atoms with Crippen LogP contribution in [-0.4, -0.2) is 66.0 Å². The van der Waals surface area contributed by atoms with E-state index in [9.17, 15) is 9.59 Å². The summed E-state index contributed by atoms with van der Waals surface area (Å²) in [5.41, 5.74) is 4.41. The first-order valence-electron chi connectivity index (χ1n) is 12.3. The van der Waals surface area contributed by atoms with Crippen LogP contribution in [0.5, 0.6) is 0 Å². The Morgan fingerprint density at radius 3 is 2.84 bits per heavy atom. The first-order valence-corrected chi connectivity index (χ1v) is 12.3. The summed E-state index contributed by atoms with van der Waals surface area (Å²) >= 11 is 0. The molecular weight excluding hydrogens is 476 g/mol. The molecule has 3 heterocycles. The molecule has 1 amide bonds. The van der Waals surface area contributed by atoms with Crippen molar-refractivity contribution in [1.29, 1.82) is 5.41 Å². The van der Waals surface area contributed by atoms with Gasteiger partial charge in [0.1, 0.15) is 11.3 Å². The number of carbonyl (C=O) groups is 2. The van der Waals surface area contributed by atoms with Crippen LogP contribution in [0, 0.1) is 5.41 Å². The van der Waals surface area contributed by atoms with Crippen molar-refractivity contribution in [2.24, 2.45) is 12.1 Å². The molecule has 0 radical (unpaired) electrons. The molecule has 11 heteroatoms. The monoisotopic (exact) mass is 508 g/mol. The topological polar surface area (TPSA) is 135 Å². The number of nitrogens with zero attached hydrogens (tertiary/aromatic N) is 4. The van der Waals surface area contributed by atoms with Crippen LogP contribution in [0.25, 0.3) is 11.0 Å². The molecule has 0 aliphatic carbocycles. The normalized spacial score (nSPS) is 17.7. The van der Waals surface area contributed by atoms with Crippen LogP contribution in [-0.2, 0) is 16.5 Å². The number of hydrogen-bond donors (Lipinski definition) is 2. The number of ketones is 1. The third-order valence-electron chi connectivity index (χ3n) is 6.33. The lowest BCUT2D eigenvalue weighted by Crippen LogP contribution is -2.46. The van der Waals surface area contributed by atoms with E-state index < -0.39 is 11.9 Å². The lowest BCUT2D eigenvalue weighted by Gasteiger charge is -2.36. The van der Waals surface area contributed by atoms with Gasteiger partial charge in [0.05, 0.1) is 36.4 Å². The first kappa shape index (κ1) is 26.1. The van der Waals surface area contributed by atoms with Gasteiger partial charge in [0.15, 0.2) is 5.76 Å². The van der Waals surface area contributed by atoms with Gasteiger partial charge < -0.3 is 19.3 Å². The minimum absolute atomic E-state index is 0.0168. The molecule has 3 aromatic rings. The van der Waals surface area contributed by atoms with Crippen LogP contribution in [0.3, 0.4) is 0 Å². The SMILES string of the molecule is CCOC(=O)N(c1c(C(=O)c2cnn(C)c2)oc2ccc(C(=N)/C=N\NC)cc12)[C@H]1CCO[C@@H](CC)C1. The molecule has 2 atom stereocenters. The zero-order valence-electron chi connectivity index (χ0n) is 21.5. The van der Waals surface area contributed by atoms with Crippen molar-refractivity contribution in [3.8, 4) is 0 Å². The summed E-state index contributed by atoms with van der Waals surface area (Å²) in [6, 6.07) is 4.88. The third kappa shape index (κ3) is 5.41. The standard InChI is InChI=1S/C26H32N6O5/c1-5-19-12-18(9-10-36-19)32(26(34)35-6-2)23-20-11-16(21(27)14-29-28-3)7-8-22(20)37-25(23)24(33)17-13-30-31(4)15-17/h7-8,11,13-15,18-19,27-28H,5-6,9-10,12H2,1-4H3/b27-21?,29-14-/t18-,19-/m0/s1. The van der Waals surface area contributed by atoms with Crippen molar-refractivity contribution in [3.63, 3.8) is 0 Å². The smallest absolute Gasteiger partial charge is 0.414 e. The number of anilines is 1. The van der Waals surface area contributed by atoms with Crippen LogP contribution in [0.1, 0.15) is 54.8 Å². The number of furan rings is 1. The second kappa shape index (κ2) is 11.4. The minimum Gasteiger partial charge on any atom is -0.450 e. The number of hydrogen-bond acceptors (Lipinski definition) is 9. The Morgan fingerprint density at radius 1 is 1.35 bits per heavy atom. The summed E-state index contributed by atoms with van der Waals surface area (Å²) < 4.78 is 19.0. The zero-order chi connectivity index (χ0) is 26.5. The van der Waals surface area contributed by atoms with Crippen molar-refractivity contribution >= 4 is 40.5 Å². The maximum absolute atomic E-state index is 13.7. The fourth-order valence-corrected chi connectivity index (χ4v) is 4.51. The molecule has 2 N–H and O–H groups in total. The molecule has 4 rings (SSSR count). The lowest BCUT2D eigenvalue weighted by atomic mass is 9.98. The van der Waals surface area contributed by atoms with Gasteiger partial charge in [-0.2, -0.15) is 10.2 Å². The Hall–Kier alpha value is -3.99. The van der Waals surface area contributed by atoms with Crippen LogP contribution in [0.15, 0.2) is 40.1 Å². The van der Waals surface area contributed by atoms with E-state index in [0.29, 0.717) is 47.2 Å². The molecule has 37 heavy (non-hydrogen) atoms. The van der Waals surface area contributed by atoms with E-state index in [0.717, 1.165) is 6.42 Å². The highest BCUT2D eigenvalue weighted by atomic mass is 16.6. The number of aromatic nitrogens is 2. The van der Waals surface area contributed by atoms with E-state index in [1.807, 2.05) is 6.92 Å². The van der Waals surface area contributed by atoms with E-state index >= 15 is 0 Å². The number of ether oxygens (including phenoxy) is 2. The van der Waals surface area contributed by atoms with Gasteiger partial charge in [-0.25, -0.2) is 4.79 Å². The van der Waals surface area contributed by atoms with Gasteiger partial charge in [-0.15, -0.1) is 0 Å². The lowest BCUT2D eigenvalue weighted by molar-refractivity contribution is 0.00468. The summed E-state index contributed by atoms with van der Waals surface area (Å²) in [6.07, 6.45) is 5.83. The van der Waals surface area contributed by atoms with E-state index in [1.54, 1.807) is 50.3 Å². The molecule has 2 aromatic heterocycles. The summed E-state index contributed by atoms with van der Waals surface area (Å²) in [7, 11) is 3.37. The number of rotatable bonds is 9. The Labute approximate surface area is 214 Å². The van der Waals surface area contributed by atoms with Crippen molar-refractivity contribution in [1.82, 2.24) is 15.2 Å². The number of amides is 1. The highest BCUT2D eigenvalue weighted by molar-refractivity contribution is 6.37. The maximum Gasteiger partial charge on any atom is 0.414 e. The van der Waals surface area contributed by atoms with E-state index in [1.165, 1.54) is 17.1 Å². The number of fused-ring (bicyclic) bond motifs is 1. The fourth-order valence-electron chi connectivity index (χ4n) is 4.51. The van der Waals surface area contributed by atoms with Gasteiger partial charge in [-0.1, -0.05) is 6.92 Å². The molecule has 1 aliphatic rings. The van der Waals surface area contributed by atoms with Crippen molar-refractivity contribution in [2.45, 2.75) is 45.3 Å². The Kier molecular flexibility index (Phi) is 8.02. The Morgan fingerprint density at radius 2 is 2.16 bits per heavy atom. The fraction of sp³-hybridized carbons (Fsp3) is 0.423. The first-order chi connectivity index (χ1) is 17.9. The van der Waals surface area contributed by atoms with Crippen molar-refractivity contribution in [2.75, 3.05) is 25.2 Å². The number of benzene rings is 1. The number of aryl methyl sites for hydroxylation is 1. The molecular formula is C26H32N6O5. The van der Waals surface area contributed by atoms with Crippen LogP contribution >= 0.6 is 0 Å². The van der Waals surface area contributed by atoms with Gasteiger partial charge in [0.25, 0.3) is 0 Å². The average molecular weight is 509 g/mol. The Balaban J connectivity index is 1.93. The molecule has 1 fully saturated rings. The molecule has 0 bridgehead atoms. The van der Waals surface area contributed by atoms with Gasteiger partial charge in [-0.05, 0) is 44.4 Å². The highest BCUT2D eigenvalue weighted by Gasteiger charge is 2.37. The van der Waals surface area contributed by atoms with E-state index in [-0.39, 0.29) is 30.2 Å². The quantitative estimate of drug-likeness (QED) is 0.254. The number of carbonyl (C=O) groups excluding carboxylic acids is 2. The van der Waals surface area contributed by atoms with Crippen molar-refractivity contribution < 1.29 is 23.5 Å². The maximum atomic E-state index is 13.7. The second-order valence-corrected chi connectivity index (χ2v) is 8.77. The molecule has 11 nitrogen and oxygen atoms in total. The molecule has 0 unspecified atom stereocenters. The average Bonchev–Trinajstić information content (AvgIpc) is 3.51. The molecule has 1 saturated heterocycles.